The fourth-order valence-corrected chi connectivity index (χ4v) is 5.00. The van der Waals surface area contributed by atoms with Crippen LogP contribution in [0.5, 0.6) is 5.75 Å². The van der Waals surface area contributed by atoms with E-state index in [0.29, 0.717) is 41.3 Å². The number of para-hydroxylation sites is 1. The van der Waals surface area contributed by atoms with Gasteiger partial charge in [-0.15, -0.1) is 5.10 Å². The van der Waals surface area contributed by atoms with Crippen LogP contribution in [0.4, 0.5) is 5.95 Å². The lowest BCUT2D eigenvalue weighted by molar-refractivity contribution is -0.139. The van der Waals surface area contributed by atoms with Crippen LogP contribution < -0.4 is 10.1 Å². The lowest BCUT2D eigenvalue weighted by atomic mass is 9.95. The monoisotopic (exact) mass is 506 g/mol. The number of anilines is 1. The highest BCUT2D eigenvalue weighted by molar-refractivity contribution is 7.99. The standard InChI is InChI=1S/C28H34N4O3S/c1-5-7-17-36-28-30-27-29-20(4)24(26(33)34-16-6-2)25(32(27)31-28)22-14-10-11-15-23(22)35-18-21-13-9-8-12-19(21)3/h8-15,25H,5-7,16-18H2,1-4H3,(H,29,30,31). The van der Waals surface area contributed by atoms with E-state index in [1.165, 1.54) is 5.56 Å². The minimum atomic E-state index is -0.522. The average molecular weight is 507 g/mol. The second-order valence-corrected chi connectivity index (χ2v) is 9.88. The molecule has 2 heterocycles. The molecule has 0 aliphatic carbocycles. The van der Waals surface area contributed by atoms with E-state index in [1.54, 1.807) is 16.4 Å². The van der Waals surface area contributed by atoms with Crippen molar-refractivity contribution in [2.75, 3.05) is 17.7 Å². The van der Waals surface area contributed by atoms with Crippen LogP contribution in [0, 0.1) is 6.92 Å². The smallest absolute Gasteiger partial charge is 0.338 e. The first-order chi connectivity index (χ1) is 17.5. The van der Waals surface area contributed by atoms with Crippen molar-refractivity contribution in [2.24, 2.45) is 0 Å². The molecule has 0 saturated heterocycles. The van der Waals surface area contributed by atoms with E-state index < -0.39 is 6.04 Å². The fourth-order valence-electron chi connectivity index (χ4n) is 4.09. The van der Waals surface area contributed by atoms with Crippen LogP contribution in [0.1, 0.15) is 62.8 Å². The Labute approximate surface area is 217 Å². The minimum absolute atomic E-state index is 0.357. The van der Waals surface area contributed by atoms with E-state index in [-0.39, 0.29) is 5.97 Å². The van der Waals surface area contributed by atoms with Gasteiger partial charge in [-0.3, -0.25) is 0 Å². The summed E-state index contributed by atoms with van der Waals surface area (Å²) in [5.41, 5.74) is 4.34. The van der Waals surface area contributed by atoms with Crippen LogP contribution in [0.15, 0.2) is 65.0 Å². The summed E-state index contributed by atoms with van der Waals surface area (Å²) in [7, 11) is 0. The van der Waals surface area contributed by atoms with Crippen LogP contribution in [0.25, 0.3) is 0 Å². The van der Waals surface area contributed by atoms with Gasteiger partial charge in [0.25, 0.3) is 0 Å². The lowest BCUT2D eigenvalue weighted by Gasteiger charge is -2.29. The fraction of sp³-hybridized carbons (Fsp3) is 0.393. The average Bonchev–Trinajstić information content (AvgIpc) is 3.28. The zero-order valence-corrected chi connectivity index (χ0v) is 22.2. The number of nitrogens with one attached hydrogen (secondary N) is 1. The second kappa shape index (κ2) is 12.1. The molecule has 0 spiro atoms. The molecule has 3 aromatic rings. The third-order valence-corrected chi connectivity index (χ3v) is 7.00. The van der Waals surface area contributed by atoms with Crippen LogP contribution in [0.2, 0.25) is 0 Å². The number of unbranched alkanes of at least 4 members (excludes halogenated alkanes) is 1. The minimum Gasteiger partial charge on any atom is -0.489 e. The number of rotatable bonds is 11. The summed E-state index contributed by atoms with van der Waals surface area (Å²) in [6, 6.07) is 15.5. The number of nitrogens with zero attached hydrogens (tertiary/aromatic N) is 3. The van der Waals surface area contributed by atoms with Crippen molar-refractivity contribution in [1.82, 2.24) is 14.8 Å². The summed E-state index contributed by atoms with van der Waals surface area (Å²) < 4.78 is 13.7. The summed E-state index contributed by atoms with van der Waals surface area (Å²) in [5.74, 6) is 1.89. The maximum absolute atomic E-state index is 13.3. The van der Waals surface area contributed by atoms with Crippen molar-refractivity contribution in [3.05, 3.63) is 76.5 Å². The molecule has 1 N–H and O–H groups in total. The van der Waals surface area contributed by atoms with E-state index in [4.69, 9.17) is 19.6 Å². The Kier molecular flexibility index (Phi) is 8.70. The predicted molar refractivity (Wildman–Crippen MR) is 143 cm³/mol. The van der Waals surface area contributed by atoms with Gasteiger partial charge in [-0.2, -0.15) is 4.98 Å². The maximum atomic E-state index is 13.3. The summed E-state index contributed by atoms with van der Waals surface area (Å²) in [6.45, 7) is 8.89. The molecule has 1 unspecified atom stereocenters. The SMILES string of the molecule is CCCCSc1nc2n(n1)C(c1ccccc1OCc1ccccc1C)C(C(=O)OCCC)=C(C)N2. The van der Waals surface area contributed by atoms with Crippen molar-refractivity contribution in [1.29, 1.82) is 0 Å². The normalized spacial score (nSPS) is 14.8. The number of hydrogen-bond acceptors (Lipinski definition) is 7. The number of aryl methyl sites for hydroxylation is 1. The van der Waals surface area contributed by atoms with Gasteiger partial charge in [0.1, 0.15) is 18.4 Å². The lowest BCUT2D eigenvalue weighted by Crippen LogP contribution is -2.30. The van der Waals surface area contributed by atoms with Crippen molar-refractivity contribution >= 4 is 23.7 Å². The zero-order valence-electron chi connectivity index (χ0n) is 21.4. The molecule has 1 atom stereocenters. The second-order valence-electron chi connectivity index (χ2n) is 8.82. The Morgan fingerprint density at radius 3 is 2.64 bits per heavy atom. The molecule has 8 heteroatoms. The molecule has 0 amide bonds. The number of benzene rings is 2. The van der Waals surface area contributed by atoms with E-state index in [1.807, 2.05) is 50.2 Å². The van der Waals surface area contributed by atoms with Crippen molar-refractivity contribution in [3.63, 3.8) is 0 Å². The number of thioether (sulfide) groups is 1. The van der Waals surface area contributed by atoms with E-state index in [9.17, 15) is 4.79 Å². The molecule has 4 rings (SSSR count). The zero-order chi connectivity index (χ0) is 25.5. The Bertz CT molecular complexity index is 1240. The van der Waals surface area contributed by atoms with Gasteiger partial charge in [0.05, 0.1) is 12.2 Å². The maximum Gasteiger partial charge on any atom is 0.338 e. The predicted octanol–water partition coefficient (Wildman–Crippen LogP) is 6.30. The number of ether oxygens (including phenoxy) is 2. The van der Waals surface area contributed by atoms with E-state index in [0.717, 1.165) is 36.1 Å². The Morgan fingerprint density at radius 2 is 1.86 bits per heavy atom. The number of carbonyl (C=O) groups is 1. The molecule has 36 heavy (non-hydrogen) atoms. The topological polar surface area (TPSA) is 78.3 Å². The first-order valence-corrected chi connectivity index (χ1v) is 13.5. The van der Waals surface area contributed by atoms with Gasteiger partial charge in [0, 0.05) is 17.0 Å². The highest BCUT2D eigenvalue weighted by atomic mass is 32.2. The molecular weight excluding hydrogens is 472 g/mol. The van der Waals surface area contributed by atoms with Gasteiger partial charge in [-0.25, -0.2) is 9.48 Å². The molecule has 0 saturated carbocycles. The number of carbonyl (C=O) groups excluding carboxylic acids is 1. The van der Waals surface area contributed by atoms with E-state index in [2.05, 4.69) is 31.3 Å². The molecule has 2 aromatic carbocycles. The quantitative estimate of drug-likeness (QED) is 0.186. The number of hydrogen-bond donors (Lipinski definition) is 1. The van der Waals surface area contributed by atoms with Crippen molar-refractivity contribution in [3.8, 4) is 5.75 Å². The van der Waals surface area contributed by atoms with Crippen LogP contribution >= 0.6 is 11.8 Å². The molecule has 0 fully saturated rings. The van der Waals surface area contributed by atoms with Gasteiger partial charge in [-0.05, 0) is 43.9 Å². The molecule has 0 bridgehead atoms. The Balaban J connectivity index is 1.73. The molecule has 1 aliphatic rings. The van der Waals surface area contributed by atoms with Crippen LogP contribution in [-0.2, 0) is 16.1 Å². The number of allylic oxidation sites excluding steroid dienone is 1. The number of fused-ring (bicyclic) bond motifs is 1. The van der Waals surface area contributed by atoms with Crippen LogP contribution in [0.3, 0.4) is 0 Å². The van der Waals surface area contributed by atoms with Gasteiger partial charge in [0.2, 0.25) is 11.1 Å². The van der Waals surface area contributed by atoms with Gasteiger partial charge >= 0.3 is 5.97 Å². The van der Waals surface area contributed by atoms with E-state index >= 15 is 0 Å². The first kappa shape index (κ1) is 25.8. The number of esters is 1. The third kappa shape index (κ3) is 5.75. The third-order valence-electron chi connectivity index (χ3n) is 6.08. The molecule has 1 aliphatic heterocycles. The molecule has 1 aromatic heterocycles. The molecule has 7 nitrogen and oxygen atoms in total. The Hall–Kier alpha value is -3.26. The van der Waals surface area contributed by atoms with Crippen molar-refractivity contribution < 1.29 is 14.3 Å². The summed E-state index contributed by atoms with van der Waals surface area (Å²) in [4.78, 5) is 18.0. The summed E-state index contributed by atoms with van der Waals surface area (Å²) >= 11 is 1.62. The van der Waals surface area contributed by atoms with Crippen molar-refractivity contribution in [2.45, 2.75) is 64.8 Å². The number of aromatic nitrogens is 3. The van der Waals surface area contributed by atoms with Gasteiger partial charge < -0.3 is 14.8 Å². The highest BCUT2D eigenvalue weighted by Gasteiger charge is 2.36. The first-order valence-electron chi connectivity index (χ1n) is 12.5. The van der Waals surface area contributed by atoms with Gasteiger partial charge in [0.15, 0.2) is 0 Å². The molecule has 190 valence electrons. The summed E-state index contributed by atoms with van der Waals surface area (Å²) in [5, 5.41) is 8.77. The molecular formula is C28H34N4O3S. The highest BCUT2D eigenvalue weighted by Crippen LogP contribution is 2.40. The van der Waals surface area contributed by atoms with Crippen LogP contribution in [-0.4, -0.2) is 33.1 Å². The van der Waals surface area contributed by atoms with Gasteiger partial charge in [-0.1, -0.05) is 74.5 Å². The molecule has 0 radical (unpaired) electrons. The largest absolute Gasteiger partial charge is 0.489 e. The summed E-state index contributed by atoms with van der Waals surface area (Å²) in [6.07, 6.45) is 2.95. The Morgan fingerprint density at radius 1 is 1.08 bits per heavy atom.